The fourth-order valence-corrected chi connectivity index (χ4v) is 4.29. The van der Waals surface area contributed by atoms with Crippen LogP contribution in [0, 0.1) is 0 Å². The molecule has 1 fully saturated rings. The zero-order chi connectivity index (χ0) is 23.4. The summed E-state index contributed by atoms with van der Waals surface area (Å²) in [6.07, 6.45) is 2.06. The molecule has 8 heteroatoms. The highest BCUT2D eigenvalue weighted by Gasteiger charge is 2.34. The predicted octanol–water partition coefficient (Wildman–Crippen LogP) is 2.49. The normalized spacial score (nSPS) is 16.0. The number of rotatable bonds is 7. The van der Waals surface area contributed by atoms with E-state index < -0.39 is 0 Å². The zero-order valence-corrected chi connectivity index (χ0v) is 18.6. The topological polar surface area (TPSA) is 96.0 Å². The van der Waals surface area contributed by atoms with E-state index in [1.807, 2.05) is 0 Å². The highest BCUT2D eigenvalue weighted by atomic mass is 16.5. The SMILES string of the molecule is COc1cccc(C(=O)NC2CCN(C(=O)CCCN3C(=O)c4ccccc4C3=O)CC2)c1. The number of methoxy groups -OCH3 is 1. The molecule has 33 heavy (non-hydrogen) atoms. The molecule has 2 aromatic carbocycles. The van der Waals surface area contributed by atoms with Crippen LogP contribution in [0.4, 0.5) is 0 Å². The maximum absolute atomic E-state index is 12.6. The number of amides is 4. The number of nitrogens with zero attached hydrogens (tertiary/aromatic N) is 2. The number of carbonyl (C=O) groups is 4. The molecule has 8 nitrogen and oxygen atoms in total. The molecule has 2 aromatic rings. The van der Waals surface area contributed by atoms with Gasteiger partial charge in [-0.1, -0.05) is 18.2 Å². The van der Waals surface area contributed by atoms with E-state index in [1.165, 1.54) is 4.90 Å². The molecule has 1 saturated heterocycles. The molecular weight excluding hydrogens is 422 g/mol. The van der Waals surface area contributed by atoms with E-state index in [1.54, 1.807) is 60.5 Å². The van der Waals surface area contributed by atoms with Crippen molar-refractivity contribution in [3.8, 4) is 5.75 Å². The third kappa shape index (κ3) is 4.89. The summed E-state index contributed by atoms with van der Waals surface area (Å²) in [6.45, 7) is 1.36. The van der Waals surface area contributed by atoms with Crippen LogP contribution in [-0.4, -0.2) is 66.2 Å². The fraction of sp³-hybridized carbons (Fsp3) is 0.360. The molecule has 2 aliphatic rings. The van der Waals surface area contributed by atoms with Crippen LogP contribution in [0.15, 0.2) is 48.5 Å². The third-order valence-electron chi connectivity index (χ3n) is 6.17. The highest BCUT2D eigenvalue weighted by molar-refractivity contribution is 6.21. The van der Waals surface area contributed by atoms with E-state index in [0.717, 1.165) is 0 Å². The average Bonchev–Trinajstić information content (AvgIpc) is 3.09. The van der Waals surface area contributed by atoms with Gasteiger partial charge in [-0.2, -0.15) is 0 Å². The minimum atomic E-state index is -0.296. The highest BCUT2D eigenvalue weighted by Crippen LogP contribution is 2.23. The van der Waals surface area contributed by atoms with Gasteiger partial charge in [-0.25, -0.2) is 0 Å². The van der Waals surface area contributed by atoms with Gasteiger partial charge in [-0.3, -0.25) is 24.1 Å². The molecule has 0 bridgehead atoms. The molecule has 2 aliphatic heterocycles. The van der Waals surface area contributed by atoms with Gasteiger partial charge in [0.15, 0.2) is 0 Å². The molecule has 0 aliphatic carbocycles. The van der Waals surface area contributed by atoms with Crippen LogP contribution in [0.2, 0.25) is 0 Å². The van der Waals surface area contributed by atoms with Crippen molar-refractivity contribution in [1.29, 1.82) is 0 Å². The first-order valence-electron chi connectivity index (χ1n) is 11.2. The Hall–Kier alpha value is -3.68. The molecule has 4 amide bonds. The molecule has 2 heterocycles. The summed E-state index contributed by atoms with van der Waals surface area (Å²) in [5.41, 5.74) is 1.39. The largest absolute Gasteiger partial charge is 0.497 e. The number of likely N-dealkylation sites (tertiary alicyclic amines) is 1. The van der Waals surface area contributed by atoms with Crippen LogP contribution >= 0.6 is 0 Å². The smallest absolute Gasteiger partial charge is 0.261 e. The number of nitrogens with one attached hydrogen (secondary N) is 1. The summed E-state index contributed by atoms with van der Waals surface area (Å²) in [7, 11) is 1.56. The van der Waals surface area contributed by atoms with Crippen LogP contribution in [0.3, 0.4) is 0 Å². The van der Waals surface area contributed by atoms with Gasteiger partial charge in [0.05, 0.1) is 18.2 Å². The molecule has 0 spiro atoms. The molecule has 0 radical (unpaired) electrons. The van der Waals surface area contributed by atoms with Crippen LogP contribution in [0.1, 0.15) is 56.8 Å². The van der Waals surface area contributed by atoms with Crippen molar-refractivity contribution in [2.75, 3.05) is 26.7 Å². The minimum absolute atomic E-state index is 0.00387. The second-order valence-corrected chi connectivity index (χ2v) is 8.27. The lowest BCUT2D eigenvalue weighted by Gasteiger charge is -2.32. The number of imide groups is 1. The van der Waals surface area contributed by atoms with Crippen molar-refractivity contribution < 1.29 is 23.9 Å². The lowest BCUT2D eigenvalue weighted by Crippen LogP contribution is -2.46. The summed E-state index contributed by atoms with van der Waals surface area (Å²) in [6, 6.07) is 13.8. The molecule has 172 valence electrons. The second kappa shape index (κ2) is 9.85. The number of piperidine rings is 1. The fourth-order valence-electron chi connectivity index (χ4n) is 4.29. The van der Waals surface area contributed by atoms with Gasteiger partial charge in [0, 0.05) is 37.7 Å². The van der Waals surface area contributed by atoms with E-state index in [2.05, 4.69) is 5.32 Å². The predicted molar refractivity (Wildman–Crippen MR) is 121 cm³/mol. The van der Waals surface area contributed by atoms with Gasteiger partial charge >= 0.3 is 0 Å². The summed E-state index contributed by atoms with van der Waals surface area (Å²) < 4.78 is 5.16. The standard InChI is InChI=1S/C25H27N3O5/c1-33-19-7-4-6-17(16-19)23(30)26-18-11-14-27(15-12-18)22(29)10-5-13-28-24(31)20-8-2-3-9-21(20)25(28)32/h2-4,6-9,16,18H,5,10-15H2,1H3,(H,26,30). The van der Waals surface area contributed by atoms with Crippen molar-refractivity contribution in [2.24, 2.45) is 0 Å². The Bertz CT molecular complexity index is 1040. The Morgan fingerprint density at radius 2 is 1.67 bits per heavy atom. The van der Waals surface area contributed by atoms with Gasteiger partial charge in [-0.15, -0.1) is 0 Å². The first-order chi connectivity index (χ1) is 16.0. The van der Waals surface area contributed by atoms with E-state index in [9.17, 15) is 19.2 Å². The number of benzene rings is 2. The minimum Gasteiger partial charge on any atom is -0.497 e. The van der Waals surface area contributed by atoms with Gasteiger partial charge in [0.25, 0.3) is 17.7 Å². The molecule has 0 saturated carbocycles. The summed E-state index contributed by atoms with van der Waals surface area (Å²) in [5, 5.41) is 3.03. The van der Waals surface area contributed by atoms with E-state index in [4.69, 9.17) is 4.74 Å². The molecule has 1 N–H and O–H groups in total. The maximum Gasteiger partial charge on any atom is 0.261 e. The van der Waals surface area contributed by atoms with Gasteiger partial charge in [0.2, 0.25) is 5.91 Å². The lowest BCUT2D eigenvalue weighted by molar-refractivity contribution is -0.132. The Balaban J connectivity index is 1.20. The summed E-state index contributed by atoms with van der Waals surface area (Å²) in [4.78, 5) is 52.9. The van der Waals surface area contributed by atoms with Gasteiger partial charge in [0.1, 0.15) is 5.75 Å². The van der Waals surface area contributed by atoms with E-state index >= 15 is 0 Å². The first-order valence-corrected chi connectivity index (χ1v) is 11.2. The maximum atomic E-state index is 12.6. The Kier molecular flexibility index (Phi) is 6.72. The van der Waals surface area contributed by atoms with Crippen molar-refractivity contribution in [3.05, 3.63) is 65.2 Å². The first kappa shape index (κ1) is 22.5. The molecule has 0 atom stereocenters. The molecule has 0 aromatic heterocycles. The van der Waals surface area contributed by atoms with Gasteiger partial charge < -0.3 is 15.0 Å². The monoisotopic (exact) mass is 449 g/mol. The Labute approximate surface area is 192 Å². The third-order valence-corrected chi connectivity index (χ3v) is 6.17. The average molecular weight is 450 g/mol. The Morgan fingerprint density at radius 1 is 1.00 bits per heavy atom. The number of carbonyl (C=O) groups excluding carboxylic acids is 4. The van der Waals surface area contributed by atoms with Crippen LogP contribution < -0.4 is 10.1 Å². The van der Waals surface area contributed by atoms with Crippen molar-refractivity contribution >= 4 is 23.6 Å². The number of fused-ring (bicyclic) bond motifs is 1. The molecule has 0 unspecified atom stereocenters. The number of ether oxygens (including phenoxy) is 1. The Morgan fingerprint density at radius 3 is 2.30 bits per heavy atom. The second-order valence-electron chi connectivity index (χ2n) is 8.27. The van der Waals surface area contributed by atoms with Crippen LogP contribution in [0.25, 0.3) is 0 Å². The lowest BCUT2D eigenvalue weighted by atomic mass is 10.0. The summed E-state index contributed by atoms with van der Waals surface area (Å²) in [5.74, 6) is -0.112. The van der Waals surface area contributed by atoms with Crippen molar-refractivity contribution in [3.63, 3.8) is 0 Å². The number of hydrogen-bond acceptors (Lipinski definition) is 5. The van der Waals surface area contributed by atoms with Gasteiger partial charge in [-0.05, 0) is 49.6 Å². The molecule has 4 rings (SSSR count). The quantitative estimate of drug-likeness (QED) is 0.656. The van der Waals surface area contributed by atoms with Crippen LogP contribution in [-0.2, 0) is 4.79 Å². The van der Waals surface area contributed by atoms with Crippen LogP contribution in [0.5, 0.6) is 5.75 Å². The zero-order valence-electron chi connectivity index (χ0n) is 18.6. The molecular formula is C25H27N3O5. The summed E-state index contributed by atoms with van der Waals surface area (Å²) >= 11 is 0. The van der Waals surface area contributed by atoms with E-state index in [-0.39, 0.29) is 42.6 Å². The van der Waals surface area contributed by atoms with E-state index in [0.29, 0.717) is 54.8 Å². The van der Waals surface area contributed by atoms with Crippen molar-refractivity contribution in [2.45, 2.75) is 31.7 Å². The number of hydrogen-bond donors (Lipinski definition) is 1. The van der Waals surface area contributed by atoms with Crippen molar-refractivity contribution in [1.82, 2.24) is 15.1 Å².